The SMILES string of the molecule is COCc1nn(-c2cccc(Br)c2)c(COC)c1C(=O)OC. The van der Waals surface area contributed by atoms with Crippen LogP contribution in [0.15, 0.2) is 28.7 Å². The Morgan fingerprint density at radius 1 is 1.23 bits per heavy atom. The zero-order valence-electron chi connectivity index (χ0n) is 12.6. The zero-order chi connectivity index (χ0) is 16.1. The first kappa shape index (κ1) is 16.7. The topological polar surface area (TPSA) is 62.6 Å². The van der Waals surface area contributed by atoms with Crippen molar-refractivity contribution in [2.75, 3.05) is 21.3 Å². The third kappa shape index (κ3) is 3.37. The summed E-state index contributed by atoms with van der Waals surface area (Å²) in [4.78, 5) is 12.1. The highest BCUT2D eigenvalue weighted by atomic mass is 79.9. The van der Waals surface area contributed by atoms with Crippen molar-refractivity contribution in [3.8, 4) is 5.69 Å². The van der Waals surface area contributed by atoms with Crippen molar-refractivity contribution < 1.29 is 19.0 Å². The number of carbonyl (C=O) groups is 1. The van der Waals surface area contributed by atoms with E-state index >= 15 is 0 Å². The summed E-state index contributed by atoms with van der Waals surface area (Å²) in [7, 11) is 4.45. The molecular formula is C15H17BrN2O4. The molecule has 0 saturated carbocycles. The van der Waals surface area contributed by atoms with Crippen molar-refractivity contribution in [1.82, 2.24) is 9.78 Å². The Labute approximate surface area is 137 Å². The van der Waals surface area contributed by atoms with Crippen LogP contribution in [0.25, 0.3) is 5.69 Å². The van der Waals surface area contributed by atoms with Crippen LogP contribution in [-0.4, -0.2) is 37.1 Å². The Morgan fingerprint density at radius 3 is 2.55 bits per heavy atom. The Kier molecular flexibility index (Phi) is 5.70. The fourth-order valence-electron chi connectivity index (χ4n) is 2.17. The van der Waals surface area contributed by atoms with Gasteiger partial charge in [0.1, 0.15) is 11.3 Å². The number of hydrogen-bond donors (Lipinski definition) is 0. The number of ether oxygens (including phenoxy) is 3. The molecule has 0 spiro atoms. The molecule has 0 aliphatic carbocycles. The number of nitrogens with zero attached hydrogens (tertiary/aromatic N) is 2. The predicted molar refractivity (Wildman–Crippen MR) is 84.0 cm³/mol. The Bertz CT molecular complexity index is 670. The summed E-state index contributed by atoms with van der Waals surface area (Å²) in [5.41, 5.74) is 2.33. The molecule has 0 radical (unpaired) electrons. The van der Waals surface area contributed by atoms with Crippen molar-refractivity contribution in [2.45, 2.75) is 13.2 Å². The van der Waals surface area contributed by atoms with E-state index in [1.807, 2.05) is 24.3 Å². The second-order valence-electron chi connectivity index (χ2n) is 4.52. The highest BCUT2D eigenvalue weighted by Crippen LogP contribution is 2.23. The molecule has 0 aliphatic heterocycles. The fraction of sp³-hybridized carbons (Fsp3) is 0.333. The van der Waals surface area contributed by atoms with Gasteiger partial charge in [-0.25, -0.2) is 9.48 Å². The Balaban J connectivity index is 2.64. The second kappa shape index (κ2) is 7.53. The molecule has 0 aliphatic rings. The largest absolute Gasteiger partial charge is 0.465 e. The summed E-state index contributed by atoms with van der Waals surface area (Å²) in [5.74, 6) is -0.458. The molecule has 22 heavy (non-hydrogen) atoms. The van der Waals surface area contributed by atoms with Crippen molar-refractivity contribution in [3.63, 3.8) is 0 Å². The van der Waals surface area contributed by atoms with E-state index in [2.05, 4.69) is 21.0 Å². The average Bonchev–Trinajstić information content (AvgIpc) is 2.86. The lowest BCUT2D eigenvalue weighted by Crippen LogP contribution is -2.10. The van der Waals surface area contributed by atoms with Crippen LogP contribution in [-0.2, 0) is 27.4 Å². The first-order valence-electron chi connectivity index (χ1n) is 6.55. The predicted octanol–water partition coefficient (Wildman–Crippen LogP) is 2.71. The molecule has 0 bridgehead atoms. The highest BCUT2D eigenvalue weighted by molar-refractivity contribution is 9.10. The van der Waals surface area contributed by atoms with Crippen LogP contribution < -0.4 is 0 Å². The number of esters is 1. The third-order valence-corrected chi connectivity index (χ3v) is 3.55. The van der Waals surface area contributed by atoms with Gasteiger partial charge < -0.3 is 14.2 Å². The summed E-state index contributed by atoms with van der Waals surface area (Å²) >= 11 is 3.43. The minimum Gasteiger partial charge on any atom is -0.465 e. The molecule has 0 amide bonds. The smallest absolute Gasteiger partial charge is 0.341 e. The van der Waals surface area contributed by atoms with Crippen LogP contribution in [0.1, 0.15) is 21.7 Å². The molecule has 0 unspecified atom stereocenters. The highest BCUT2D eigenvalue weighted by Gasteiger charge is 2.25. The monoisotopic (exact) mass is 368 g/mol. The van der Waals surface area contributed by atoms with Crippen molar-refractivity contribution in [3.05, 3.63) is 45.7 Å². The van der Waals surface area contributed by atoms with E-state index in [0.717, 1.165) is 10.2 Å². The lowest BCUT2D eigenvalue weighted by atomic mass is 10.2. The van der Waals surface area contributed by atoms with Crippen molar-refractivity contribution in [2.24, 2.45) is 0 Å². The summed E-state index contributed by atoms with van der Waals surface area (Å²) in [6, 6.07) is 7.62. The van der Waals surface area contributed by atoms with Crippen LogP contribution in [0.3, 0.4) is 0 Å². The molecule has 6 nitrogen and oxygen atoms in total. The molecule has 7 heteroatoms. The maximum Gasteiger partial charge on any atom is 0.341 e. The first-order chi connectivity index (χ1) is 10.6. The number of benzene rings is 1. The van der Waals surface area contributed by atoms with Crippen LogP contribution in [0.2, 0.25) is 0 Å². The van der Waals surface area contributed by atoms with Gasteiger partial charge in [0.05, 0.1) is 31.7 Å². The quantitative estimate of drug-likeness (QED) is 0.733. The van der Waals surface area contributed by atoms with Gasteiger partial charge in [0.25, 0.3) is 0 Å². The molecule has 2 aromatic rings. The van der Waals surface area contributed by atoms with Crippen LogP contribution in [0.5, 0.6) is 0 Å². The molecule has 1 aromatic heterocycles. The van der Waals surface area contributed by atoms with Crippen LogP contribution >= 0.6 is 15.9 Å². The van der Waals surface area contributed by atoms with Gasteiger partial charge in [0, 0.05) is 18.7 Å². The molecule has 1 aromatic carbocycles. The molecule has 0 saturated heterocycles. The van der Waals surface area contributed by atoms with E-state index in [1.54, 1.807) is 18.9 Å². The summed E-state index contributed by atoms with van der Waals surface area (Å²) < 4.78 is 17.8. The number of carbonyl (C=O) groups excluding carboxylic acids is 1. The van der Waals surface area contributed by atoms with Crippen molar-refractivity contribution in [1.29, 1.82) is 0 Å². The average molecular weight is 369 g/mol. The van der Waals surface area contributed by atoms with Gasteiger partial charge in [-0.05, 0) is 18.2 Å². The third-order valence-electron chi connectivity index (χ3n) is 3.06. The maximum absolute atomic E-state index is 12.1. The molecule has 1 heterocycles. The standard InChI is InChI=1S/C15H17BrN2O4/c1-20-8-12-14(15(19)22-3)13(9-21-2)18(17-12)11-6-4-5-10(16)7-11/h4-7H,8-9H2,1-3H3. The van der Waals surface area contributed by atoms with E-state index in [1.165, 1.54) is 7.11 Å². The second-order valence-corrected chi connectivity index (χ2v) is 5.43. The van der Waals surface area contributed by atoms with Gasteiger partial charge in [0.15, 0.2) is 0 Å². The van der Waals surface area contributed by atoms with Crippen LogP contribution in [0, 0.1) is 0 Å². The Morgan fingerprint density at radius 2 is 1.95 bits per heavy atom. The number of hydrogen-bond acceptors (Lipinski definition) is 5. The fourth-order valence-corrected chi connectivity index (χ4v) is 2.56. The number of halogens is 1. The number of methoxy groups -OCH3 is 3. The molecule has 0 atom stereocenters. The minimum absolute atomic E-state index is 0.210. The Hall–Kier alpha value is -1.70. The zero-order valence-corrected chi connectivity index (χ0v) is 14.2. The van der Waals surface area contributed by atoms with Gasteiger partial charge in [-0.1, -0.05) is 22.0 Å². The van der Waals surface area contributed by atoms with Gasteiger partial charge in [-0.15, -0.1) is 0 Å². The van der Waals surface area contributed by atoms with Gasteiger partial charge in [0.2, 0.25) is 0 Å². The van der Waals surface area contributed by atoms with E-state index in [-0.39, 0.29) is 13.2 Å². The van der Waals surface area contributed by atoms with E-state index in [9.17, 15) is 4.79 Å². The lowest BCUT2D eigenvalue weighted by Gasteiger charge is -2.08. The van der Waals surface area contributed by atoms with Crippen molar-refractivity contribution >= 4 is 21.9 Å². The maximum atomic E-state index is 12.1. The summed E-state index contributed by atoms with van der Waals surface area (Å²) in [6.07, 6.45) is 0. The molecule has 2 rings (SSSR count). The van der Waals surface area contributed by atoms with Gasteiger partial charge in [-0.3, -0.25) is 0 Å². The van der Waals surface area contributed by atoms with E-state index in [0.29, 0.717) is 17.0 Å². The summed E-state index contributed by atoms with van der Waals surface area (Å²) in [6.45, 7) is 0.440. The molecule has 118 valence electrons. The molecule has 0 fully saturated rings. The number of rotatable bonds is 6. The molecular weight excluding hydrogens is 352 g/mol. The minimum atomic E-state index is -0.458. The van der Waals surface area contributed by atoms with Gasteiger partial charge in [-0.2, -0.15) is 5.10 Å². The summed E-state index contributed by atoms with van der Waals surface area (Å²) in [5, 5.41) is 4.49. The van der Waals surface area contributed by atoms with E-state index in [4.69, 9.17) is 14.2 Å². The molecule has 0 N–H and O–H groups in total. The van der Waals surface area contributed by atoms with E-state index < -0.39 is 5.97 Å². The first-order valence-corrected chi connectivity index (χ1v) is 7.34. The number of aromatic nitrogens is 2. The van der Waals surface area contributed by atoms with Gasteiger partial charge >= 0.3 is 5.97 Å². The lowest BCUT2D eigenvalue weighted by molar-refractivity contribution is 0.0590. The van der Waals surface area contributed by atoms with Crippen LogP contribution in [0.4, 0.5) is 0 Å². The normalized spacial score (nSPS) is 10.7.